The van der Waals surface area contributed by atoms with Crippen molar-refractivity contribution >= 4 is 76.1 Å². The van der Waals surface area contributed by atoms with Crippen LogP contribution in [0, 0.1) is 0 Å². The fraction of sp³-hybridized carbons (Fsp3) is 0. The molecule has 0 amide bonds. The van der Waals surface area contributed by atoms with Gasteiger partial charge in [0.2, 0.25) is 0 Å². The molecule has 0 fully saturated rings. The van der Waals surface area contributed by atoms with Gasteiger partial charge in [0.25, 0.3) is 0 Å². The molecule has 0 aliphatic rings. The van der Waals surface area contributed by atoms with E-state index >= 15 is 0 Å². The zero-order valence-corrected chi connectivity index (χ0v) is 36.6. The lowest BCUT2D eigenvalue weighted by atomic mass is 9.89. The summed E-state index contributed by atoms with van der Waals surface area (Å²) in [6.07, 6.45) is 0. The van der Waals surface area contributed by atoms with Gasteiger partial charge < -0.3 is 8.98 Å². The summed E-state index contributed by atoms with van der Waals surface area (Å²) in [6.45, 7) is 0. The Morgan fingerprint density at radius 2 is 0.750 bits per heavy atom. The summed E-state index contributed by atoms with van der Waals surface area (Å²) in [5, 5.41) is 12.0. The number of hydrogen-bond donors (Lipinski definition) is 0. The molecular formula is C63H38N4O. The van der Waals surface area contributed by atoms with E-state index in [1.807, 2.05) is 72.8 Å². The van der Waals surface area contributed by atoms with Crippen LogP contribution in [0.15, 0.2) is 235 Å². The van der Waals surface area contributed by atoms with Gasteiger partial charge in [-0.2, -0.15) is 0 Å². The molecule has 0 spiro atoms. The van der Waals surface area contributed by atoms with Gasteiger partial charge in [-0.05, 0) is 109 Å². The van der Waals surface area contributed by atoms with Crippen LogP contribution in [0.2, 0.25) is 0 Å². The van der Waals surface area contributed by atoms with Crippen molar-refractivity contribution in [2.45, 2.75) is 0 Å². The molecule has 14 rings (SSSR count). The summed E-state index contributed by atoms with van der Waals surface area (Å²) >= 11 is 0. The number of aromatic nitrogens is 4. The van der Waals surface area contributed by atoms with Crippen LogP contribution in [0.25, 0.3) is 138 Å². The van der Waals surface area contributed by atoms with Crippen molar-refractivity contribution in [3.8, 4) is 62.1 Å². The molecule has 0 radical (unpaired) electrons. The van der Waals surface area contributed by atoms with Crippen molar-refractivity contribution in [2.75, 3.05) is 0 Å². The Labute approximate surface area is 390 Å². The molecule has 316 valence electrons. The van der Waals surface area contributed by atoms with E-state index in [4.69, 9.17) is 19.4 Å². The molecule has 0 bridgehead atoms. The van der Waals surface area contributed by atoms with E-state index in [9.17, 15) is 0 Å². The number of fused-ring (bicyclic) bond motifs is 12. The maximum Gasteiger partial charge on any atom is 0.164 e. The van der Waals surface area contributed by atoms with Gasteiger partial charge in [-0.3, -0.25) is 0 Å². The summed E-state index contributed by atoms with van der Waals surface area (Å²) in [6, 6.07) is 81.8. The van der Waals surface area contributed by atoms with E-state index in [-0.39, 0.29) is 0 Å². The Morgan fingerprint density at radius 3 is 1.40 bits per heavy atom. The molecule has 0 saturated carbocycles. The fourth-order valence-corrected chi connectivity index (χ4v) is 10.5. The van der Waals surface area contributed by atoms with Crippen molar-refractivity contribution in [3.63, 3.8) is 0 Å². The summed E-state index contributed by atoms with van der Waals surface area (Å²) in [5.74, 6) is 1.83. The number of benzene rings is 11. The van der Waals surface area contributed by atoms with E-state index in [2.05, 4.69) is 162 Å². The normalized spacial score (nSPS) is 11.8. The van der Waals surface area contributed by atoms with Gasteiger partial charge in [-0.25, -0.2) is 15.0 Å². The average molecular weight is 867 g/mol. The molecule has 3 aromatic heterocycles. The van der Waals surface area contributed by atoms with Gasteiger partial charge in [-0.15, -0.1) is 0 Å². The number of furan rings is 1. The number of hydrogen-bond acceptors (Lipinski definition) is 4. The first kappa shape index (κ1) is 38.1. The highest BCUT2D eigenvalue weighted by molar-refractivity contribution is 6.28. The third-order valence-electron chi connectivity index (χ3n) is 13.6. The van der Waals surface area contributed by atoms with Crippen molar-refractivity contribution in [1.29, 1.82) is 0 Å². The second kappa shape index (κ2) is 15.2. The Balaban J connectivity index is 0.965. The maximum absolute atomic E-state index is 6.58. The topological polar surface area (TPSA) is 56.7 Å². The molecule has 5 heteroatoms. The van der Waals surface area contributed by atoms with Gasteiger partial charge in [0.1, 0.15) is 11.2 Å². The molecule has 5 nitrogen and oxygen atoms in total. The number of rotatable bonds is 6. The van der Waals surface area contributed by atoms with Crippen molar-refractivity contribution in [2.24, 2.45) is 0 Å². The van der Waals surface area contributed by atoms with E-state index in [1.165, 1.54) is 54.2 Å². The lowest BCUT2D eigenvalue weighted by Crippen LogP contribution is -2.00. The molecule has 14 aromatic rings. The van der Waals surface area contributed by atoms with Gasteiger partial charge >= 0.3 is 0 Å². The minimum Gasteiger partial charge on any atom is -0.456 e. The summed E-state index contributed by atoms with van der Waals surface area (Å²) in [4.78, 5) is 15.2. The van der Waals surface area contributed by atoms with E-state index in [1.54, 1.807) is 0 Å². The zero-order valence-electron chi connectivity index (χ0n) is 36.6. The van der Waals surface area contributed by atoms with Crippen LogP contribution in [0.5, 0.6) is 0 Å². The van der Waals surface area contributed by atoms with Gasteiger partial charge in [0, 0.05) is 43.9 Å². The molecule has 11 aromatic carbocycles. The van der Waals surface area contributed by atoms with E-state index in [0.29, 0.717) is 17.5 Å². The van der Waals surface area contributed by atoms with Crippen LogP contribution in [-0.2, 0) is 0 Å². The smallest absolute Gasteiger partial charge is 0.164 e. The standard InChI is InChI=1S/C63H38N4O/c1-4-16-39(17-5-1)61-64-62(40-18-6-2-7-19-40)66-63(65-61)51-28-15-29-58-60(51)54-37-42(32-35-57(54)68-58)41-30-33-55-52(36-41)53-38-43(31-34-56(53)67(55)44-20-8-3-9-21-44)45-26-14-27-50-48-23-11-10-22-46(48)47-24-12-13-25-49(47)59(45)50/h1-38H. The predicted octanol–water partition coefficient (Wildman–Crippen LogP) is 16.7. The fourth-order valence-electron chi connectivity index (χ4n) is 10.5. The minimum absolute atomic E-state index is 0.592. The molecule has 0 saturated heterocycles. The van der Waals surface area contributed by atoms with Crippen molar-refractivity contribution in [3.05, 3.63) is 231 Å². The SMILES string of the molecule is c1ccc(-c2nc(-c3ccccc3)nc(-c3cccc4oc5ccc(-c6ccc7c(c6)c6cc(-c8cccc9c%10ccccc%10c%10ccccc%10c89)ccc6n7-c6ccccc6)cc5c34)n2)cc1. The zero-order chi connectivity index (χ0) is 44.7. The number of para-hydroxylation sites is 1. The van der Waals surface area contributed by atoms with Crippen LogP contribution in [0.3, 0.4) is 0 Å². The van der Waals surface area contributed by atoms with Gasteiger partial charge in [0.15, 0.2) is 17.5 Å². The van der Waals surface area contributed by atoms with Gasteiger partial charge in [-0.1, -0.05) is 176 Å². The summed E-state index contributed by atoms with van der Waals surface area (Å²) in [7, 11) is 0. The minimum atomic E-state index is 0.592. The van der Waals surface area contributed by atoms with Crippen LogP contribution in [0.4, 0.5) is 0 Å². The first-order chi connectivity index (χ1) is 33.7. The monoisotopic (exact) mass is 866 g/mol. The van der Waals surface area contributed by atoms with Crippen LogP contribution in [0.1, 0.15) is 0 Å². The second-order valence-corrected chi connectivity index (χ2v) is 17.5. The largest absolute Gasteiger partial charge is 0.456 e. The predicted molar refractivity (Wildman–Crippen MR) is 281 cm³/mol. The first-order valence-electron chi connectivity index (χ1n) is 23.0. The van der Waals surface area contributed by atoms with Crippen LogP contribution < -0.4 is 0 Å². The second-order valence-electron chi connectivity index (χ2n) is 17.5. The third kappa shape index (κ3) is 5.99. The third-order valence-corrected chi connectivity index (χ3v) is 13.6. The van der Waals surface area contributed by atoms with E-state index in [0.717, 1.165) is 66.5 Å². The summed E-state index contributed by atoms with van der Waals surface area (Å²) < 4.78 is 8.97. The molecule has 0 atom stereocenters. The molecule has 0 aliphatic carbocycles. The molecule has 0 aliphatic heterocycles. The highest BCUT2D eigenvalue weighted by atomic mass is 16.3. The quantitative estimate of drug-likeness (QED) is 0.156. The van der Waals surface area contributed by atoms with E-state index < -0.39 is 0 Å². The Kier molecular flexibility index (Phi) is 8.52. The Morgan fingerprint density at radius 1 is 0.279 bits per heavy atom. The number of nitrogens with zero attached hydrogens (tertiary/aromatic N) is 4. The lowest BCUT2D eigenvalue weighted by molar-refractivity contribution is 0.669. The maximum atomic E-state index is 6.58. The molecule has 68 heavy (non-hydrogen) atoms. The van der Waals surface area contributed by atoms with Gasteiger partial charge in [0.05, 0.1) is 11.0 Å². The lowest BCUT2D eigenvalue weighted by Gasteiger charge is -2.14. The van der Waals surface area contributed by atoms with Crippen molar-refractivity contribution in [1.82, 2.24) is 19.5 Å². The average Bonchev–Trinajstić information content (AvgIpc) is 3.96. The Hall–Kier alpha value is -9.19. The molecule has 3 heterocycles. The molecule has 0 N–H and O–H groups in total. The summed E-state index contributed by atoms with van der Waals surface area (Å²) in [5.41, 5.74) is 12.4. The Bertz CT molecular complexity index is 4200. The first-order valence-corrected chi connectivity index (χ1v) is 23.0. The highest BCUT2D eigenvalue weighted by Crippen LogP contribution is 2.44. The van der Waals surface area contributed by atoms with Crippen molar-refractivity contribution < 1.29 is 4.42 Å². The molecule has 0 unspecified atom stereocenters. The molecular weight excluding hydrogens is 829 g/mol. The highest BCUT2D eigenvalue weighted by Gasteiger charge is 2.21. The van der Waals surface area contributed by atoms with Crippen LogP contribution in [-0.4, -0.2) is 19.5 Å². The van der Waals surface area contributed by atoms with Crippen LogP contribution >= 0.6 is 0 Å².